The van der Waals surface area contributed by atoms with Crippen LogP contribution in [0, 0.1) is 0 Å². The lowest BCUT2D eigenvalue weighted by molar-refractivity contribution is -0.143. The van der Waals surface area contributed by atoms with Gasteiger partial charge in [-0.25, -0.2) is 14.8 Å². The number of rotatable bonds is 6. The average Bonchev–Trinajstić information content (AvgIpc) is 3.33. The van der Waals surface area contributed by atoms with E-state index in [0.29, 0.717) is 0 Å². The Morgan fingerprint density at radius 1 is 1.32 bits per heavy atom. The third kappa shape index (κ3) is 4.10. The number of methoxy groups -OCH3 is 1. The first kappa shape index (κ1) is 16.8. The molecule has 0 spiro atoms. The first-order valence-electron chi connectivity index (χ1n) is 7.52. The van der Waals surface area contributed by atoms with Gasteiger partial charge in [0.1, 0.15) is 16.7 Å². The van der Waals surface area contributed by atoms with E-state index in [1.807, 2.05) is 30.3 Å². The van der Waals surface area contributed by atoms with Gasteiger partial charge in [0.05, 0.1) is 20.0 Å². The maximum Gasteiger partial charge on any atom is 0.330 e. The predicted molar refractivity (Wildman–Crippen MR) is 93.0 cm³/mol. The third-order valence-corrected chi connectivity index (χ3v) is 4.39. The summed E-state index contributed by atoms with van der Waals surface area (Å²) >= 11 is 1.37. The van der Waals surface area contributed by atoms with Gasteiger partial charge >= 0.3 is 5.97 Å². The van der Waals surface area contributed by atoms with E-state index in [-0.39, 0.29) is 12.2 Å². The Balaban J connectivity index is 1.73. The fourth-order valence-electron chi connectivity index (χ4n) is 2.25. The van der Waals surface area contributed by atoms with Gasteiger partial charge in [0, 0.05) is 23.3 Å². The minimum Gasteiger partial charge on any atom is -0.467 e. The zero-order valence-electron chi connectivity index (χ0n) is 13.5. The number of aromatic nitrogens is 3. The number of thiazole rings is 1. The molecule has 2 aromatic heterocycles. The monoisotopic (exact) mass is 356 g/mol. The lowest BCUT2D eigenvalue weighted by atomic mass is 10.2. The van der Waals surface area contributed by atoms with E-state index in [4.69, 9.17) is 4.74 Å². The highest BCUT2D eigenvalue weighted by molar-refractivity contribution is 7.13. The van der Waals surface area contributed by atoms with Gasteiger partial charge in [0.25, 0.3) is 5.91 Å². The molecule has 2 heterocycles. The minimum atomic E-state index is -0.825. The molecular weight excluding hydrogens is 340 g/mol. The fourth-order valence-corrected chi connectivity index (χ4v) is 3.06. The van der Waals surface area contributed by atoms with E-state index in [1.54, 1.807) is 28.7 Å². The molecule has 0 aliphatic heterocycles. The summed E-state index contributed by atoms with van der Waals surface area (Å²) in [6.07, 6.45) is 4.87. The van der Waals surface area contributed by atoms with Crippen LogP contribution in [0.5, 0.6) is 0 Å². The Labute approximate surface area is 148 Å². The number of amides is 1. The van der Waals surface area contributed by atoms with Gasteiger partial charge in [-0.1, -0.05) is 30.3 Å². The number of hydrogen-bond donors (Lipinski definition) is 1. The van der Waals surface area contributed by atoms with Crippen molar-refractivity contribution in [2.75, 3.05) is 7.11 Å². The summed E-state index contributed by atoms with van der Waals surface area (Å²) < 4.78 is 6.46. The van der Waals surface area contributed by atoms with Gasteiger partial charge in [-0.15, -0.1) is 11.3 Å². The number of ether oxygens (including phenoxy) is 1. The Kier molecular flexibility index (Phi) is 5.20. The van der Waals surface area contributed by atoms with Gasteiger partial charge in [-0.2, -0.15) is 0 Å². The van der Waals surface area contributed by atoms with E-state index in [0.717, 1.165) is 10.6 Å². The lowest BCUT2D eigenvalue weighted by Gasteiger charge is -2.16. The molecule has 0 aliphatic rings. The summed E-state index contributed by atoms with van der Waals surface area (Å²) in [6.45, 7) is 0.230. The van der Waals surface area contributed by atoms with Crippen LogP contribution in [0.4, 0.5) is 0 Å². The quantitative estimate of drug-likeness (QED) is 0.683. The van der Waals surface area contributed by atoms with Crippen LogP contribution in [0.2, 0.25) is 0 Å². The summed E-state index contributed by atoms with van der Waals surface area (Å²) in [7, 11) is 1.28. The molecule has 1 aromatic carbocycles. The number of benzene rings is 1. The second-order valence-electron chi connectivity index (χ2n) is 5.21. The van der Waals surface area contributed by atoms with Crippen molar-refractivity contribution in [3.05, 3.63) is 60.1 Å². The van der Waals surface area contributed by atoms with Crippen molar-refractivity contribution < 1.29 is 14.3 Å². The maximum absolute atomic E-state index is 12.4. The second kappa shape index (κ2) is 7.71. The van der Waals surface area contributed by atoms with Gasteiger partial charge in [-0.05, 0) is 0 Å². The summed E-state index contributed by atoms with van der Waals surface area (Å²) in [5.41, 5.74) is 1.21. The fraction of sp³-hybridized carbons (Fsp3) is 0.176. The Morgan fingerprint density at radius 3 is 2.80 bits per heavy atom. The van der Waals surface area contributed by atoms with Crippen LogP contribution in [0.1, 0.15) is 10.5 Å². The molecule has 0 bridgehead atoms. The van der Waals surface area contributed by atoms with Crippen LogP contribution in [0.3, 0.4) is 0 Å². The Morgan fingerprint density at radius 2 is 2.12 bits per heavy atom. The molecule has 7 nitrogen and oxygen atoms in total. The highest BCUT2D eigenvalue weighted by Crippen LogP contribution is 2.23. The molecule has 1 amide bonds. The molecule has 0 aliphatic carbocycles. The van der Waals surface area contributed by atoms with E-state index >= 15 is 0 Å². The van der Waals surface area contributed by atoms with Crippen molar-refractivity contribution in [3.63, 3.8) is 0 Å². The van der Waals surface area contributed by atoms with E-state index in [9.17, 15) is 9.59 Å². The Bertz CT molecular complexity index is 846. The molecule has 0 saturated heterocycles. The maximum atomic E-state index is 12.4. The number of nitrogens with one attached hydrogen (secondary N) is 1. The molecule has 1 N–H and O–H groups in total. The number of imidazole rings is 1. The molecule has 0 radical (unpaired) electrons. The average molecular weight is 356 g/mol. The minimum absolute atomic E-state index is 0.230. The van der Waals surface area contributed by atoms with Crippen LogP contribution >= 0.6 is 11.3 Å². The van der Waals surface area contributed by atoms with Gasteiger partial charge in [-0.3, -0.25) is 4.79 Å². The van der Waals surface area contributed by atoms with Crippen LogP contribution in [0.25, 0.3) is 10.6 Å². The van der Waals surface area contributed by atoms with Gasteiger partial charge in [0.15, 0.2) is 0 Å². The number of carbonyl (C=O) groups excluding carboxylic acids is 2. The molecule has 0 saturated carbocycles. The molecule has 3 rings (SSSR count). The summed E-state index contributed by atoms with van der Waals surface area (Å²) in [5, 5.41) is 5.08. The topological polar surface area (TPSA) is 86.1 Å². The van der Waals surface area contributed by atoms with Crippen LogP contribution in [-0.4, -0.2) is 39.6 Å². The molecule has 0 fully saturated rings. The summed E-state index contributed by atoms with van der Waals surface area (Å²) in [4.78, 5) is 32.7. The van der Waals surface area contributed by atoms with E-state index < -0.39 is 17.9 Å². The SMILES string of the molecule is COC(=O)C(Cn1ccnc1)NC(=O)c1csc(-c2ccccc2)n1. The van der Waals surface area contributed by atoms with Crippen molar-refractivity contribution in [1.29, 1.82) is 0 Å². The molecule has 8 heteroatoms. The van der Waals surface area contributed by atoms with Crippen LogP contribution in [0.15, 0.2) is 54.4 Å². The zero-order chi connectivity index (χ0) is 17.6. The normalized spacial score (nSPS) is 11.7. The summed E-state index contributed by atoms with van der Waals surface area (Å²) in [6, 6.07) is 8.77. The first-order valence-corrected chi connectivity index (χ1v) is 8.40. The number of nitrogens with zero attached hydrogens (tertiary/aromatic N) is 3. The highest BCUT2D eigenvalue weighted by Gasteiger charge is 2.24. The second-order valence-corrected chi connectivity index (χ2v) is 6.07. The zero-order valence-corrected chi connectivity index (χ0v) is 14.3. The number of esters is 1. The van der Waals surface area contributed by atoms with Crippen LogP contribution in [-0.2, 0) is 16.1 Å². The van der Waals surface area contributed by atoms with Gasteiger partial charge < -0.3 is 14.6 Å². The van der Waals surface area contributed by atoms with Gasteiger partial charge in [0.2, 0.25) is 0 Å². The van der Waals surface area contributed by atoms with Crippen molar-refractivity contribution in [3.8, 4) is 10.6 Å². The Hall–Kier alpha value is -3.00. The van der Waals surface area contributed by atoms with E-state index in [1.165, 1.54) is 18.4 Å². The first-order chi connectivity index (χ1) is 12.2. The van der Waals surface area contributed by atoms with Crippen LogP contribution < -0.4 is 5.32 Å². The third-order valence-electron chi connectivity index (χ3n) is 3.50. The van der Waals surface area contributed by atoms with Crippen molar-refractivity contribution in [1.82, 2.24) is 19.9 Å². The predicted octanol–water partition coefficient (Wildman–Crippen LogP) is 1.98. The molecule has 3 aromatic rings. The summed E-state index contributed by atoms with van der Waals surface area (Å²) in [5.74, 6) is -0.950. The largest absolute Gasteiger partial charge is 0.467 e. The molecular formula is C17H16N4O3S. The van der Waals surface area contributed by atoms with Crippen molar-refractivity contribution in [2.24, 2.45) is 0 Å². The number of carbonyl (C=O) groups is 2. The van der Waals surface area contributed by atoms with Crippen molar-refractivity contribution in [2.45, 2.75) is 12.6 Å². The van der Waals surface area contributed by atoms with E-state index in [2.05, 4.69) is 15.3 Å². The standard InChI is InChI=1S/C17H16N4O3S/c1-24-17(23)13(9-21-8-7-18-11-21)19-15(22)14-10-25-16(20-14)12-5-3-2-4-6-12/h2-8,10-11,13H,9H2,1H3,(H,19,22). The lowest BCUT2D eigenvalue weighted by Crippen LogP contribution is -2.44. The highest BCUT2D eigenvalue weighted by atomic mass is 32.1. The number of hydrogen-bond acceptors (Lipinski definition) is 6. The van der Waals surface area contributed by atoms with Crippen molar-refractivity contribution >= 4 is 23.2 Å². The molecule has 25 heavy (non-hydrogen) atoms. The molecule has 1 unspecified atom stereocenters. The smallest absolute Gasteiger partial charge is 0.330 e. The molecule has 1 atom stereocenters. The molecule has 128 valence electrons.